The number of ether oxygens (including phenoxy) is 2. The second-order valence-electron chi connectivity index (χ2n) is 7.56. The quantitative estimate of drug-likeness (QED) is 0.331. The monoisotopic (exact) mass is 475 g/mol. The molecule has 2 amide bonds. The Hall–Kier alpha value is -4.10. The predicted molar refractivity (Wildman–Crippen MR) is 134 cm³/mol. The van der Waals surface area contributed by atoms with Crippen molar-refractivity contribution in [3.05, 3.63) is 83.4 Å². The molecule has 172 valence electrons. The average Bonchev–Trinajstić information content (AvgIpc) is 2.82. The van der Waals surface area contributed by atoms with Gasteiger partial charge >= 0.3 is 12.0 Å². The third kappa shape index (κ3) is 5.63. The van der Waals surface area contributed by atoms with Crippen molar-refractivity contribution in [2.24, 2.45) is 0 Å². The number of aryl methyl sites for hydroxylation is 1. The van der Waals surface area contributed by atoms with Crippen LogP contribution in [0, 0.1) is 6.92 Å². The number of amides is 2. The fraction of sp³-hybridized carbons (Fsp3) is 0.115. The van der Waals surface area contributed by atoms with Crippen molar-refractivity contribution in [3.8, 4) is 17.0 Å². The van der Waals surface area contributed by atoms with Crippen molar-refractivity contribution >= 4 is 45.9 Å². The molecule has 0 aliphatic carbocycles. The lowest BCUT2D eigenvalue weighted by Crippen LogP contribution is -2.19. The van der Waals surface area contributed by atoms with Crippen molar-refractivity contribution < 1.29 is 19.1 Å². The van der Waals surface area contributed by atoms with Gasteiger partial charge in [0.1, 0.15) is 5.75 Å². The zero-order valence-electron chi connectivity index (χ0n) is 18.6. The van der Waals surface area contributed by atoms with Crippen molar-refractivity contribution in [2.75, 3.05) is 24.4 Å². The number of benzene rings is 3. The molecule has 2 N–H and O–H groups in total. The van der Waals surface area contributed by atoms with E-state index < -0.39 is 5.97 Å². The minimum atomic E-state index is -0.513. The zero-order valence-corrected chi connectivity index (χ0v) is 19.3. The van der Waals surface area contributed by atoms with Crippen LogP contribution in [0.25, 0.3) is 22.2 Å². The van der Waals surface area contributed by atoms with E-state index in [9.17, 15) is 9.59 Å². The Morgan fingerprint density at radius 2 is 1.71 bits per heavy atom. The van der Waals surface area contributed by atoms with E-state index >= 15 is 0 Å². The number of carbonyl (C=O) groups is 2. The lowest BCUT2D eigenvalue weighted by Gasteiger charge is -2.13. The van der Waals surface area contributed by atoms with E-state index in [1.54, 1.807) is 36.4 Å². The van der Waals surface area contributed by atoms with Gasteiger partial charge in [0.15, 0.2) is 6.61 Å². The predicted octanol–water partition coefficient (Wildman–Crippen LogP) is 6.06. The number of methoxy groups -OCH3 is 1. The molecule has 1 aromatic heterocycles. The highest BCUT2D eigenvalue weighted by atomic mass is 35.5. The molecule has 0 aliphatic rings. The summed E-state index contributed by atoms with van der Waals surface area (Å²) in [6.07, 6.45) is 0. The molecular weight excluding hydrogens is 454 g/mol. The number of fused-ring (bicyclic) bond motifs is 1. The van der Waals surface area contributed by atoms with Crippen LogP contribution in [-0.4, -0.2) is 30.7 Å². The van der Waals surface area contributed by atoms with Crippen LogP contribution in [0.2, 0.25) is 5.02 Å². The number of hydrogen-bond donors (Lipinski definition) is 2. The van der Waals surface area contributed by atoms with Gasteiger partial charge in [-0.05, 0) is 55.0 Å². The summed E-state index contributed by atoms with van der Waals surface area (Å²) < 4.78 is 10.5. The van der Waals surface area contributed by atoms with Crippen molar-refractivity contribution in [1.82, 2.24) is 4.98 Å². The molecule has 0 unspecified atom stereocenters. The topological polar surface area (TPSA) is 89.6 Å². The smallest absolute Gasteiger partial charge is 0.343 e. The Labute approximate surface area is 201 Å². The number of pyridine rings is 1. The number of carbonyl (C=O) groups excluding carboxylic acids is 2. The Bertz CT molecular complexity index is 1370. The Morgan fingerprint density at radius 1 is 0.941 bits per heavy atom. The number of nitrogens with one attached hydrogen (secondary N) is 2. The fourth-order valence-electron chi connectivity index (χ4n) is 3.40. The Balaban J connectivity index is 1.66. The summed E-state index contributed by atoms with van der Waals surface area (Å²) >= 11 is 6.14. The standard InChI is InChI=1S/C26H22ClN3O4/c1-16-5-3-8-19(11-16)28-26(32)29-20-9-10-22-21(13-20)24(34-15-25(31)33-2)14-23(30-22)17-6-4-7-18(27)12-17/h3-14H,15H2,1-2H3,(H2,28,29,32). The first kappa shape index (κ1) is 23.1. The molecule has 0 atom stereocenters. The summed E-state index contributed by atoms with van der Waals surface area (Å²) in [6.45, 7) is 1.68. The second-order valence-corrected chi connectivity index (χ2v) is 8.00. The summed E-state index contributed by atoms with van der Waals surface area (Å²) in [7, 11) is 1.29. The molecular formula is C26H22ClN3O4. The summed E-state index contributed by atoms with van der Waals surface area (Å²) in [5.74, 6) is -0.0887. The molecule has 0 radical (unpaired) electrons. The van der Waals surface area contributed by atoms with Crippen LogP contribution >= 0.6 is 11.6 Å². The van der Waals surface area contributed by atoms with Crippen molar-refractivity contribution in [3.63, 3.8) is 0 Å². The number of anilines is 2. The maximum absolute atomic E-state index is 12.5. The first-order chi connectivity index (χ1) is 16.4. The first-order valence-electron chi connectivity index (χ1n) is 10.5. The van der Waals surface area contributed by atoms with Crippen LogP contribution in [0.3, 0.4) is 0 Å². The SMILES string of the molecule is COC(=O)COc1cc(-c2cccc(Cl)c2)nc2ccc(NC(=O)Nc3cccc(C)c3)cc12. The van der Waals surface area contributed by atoms with Crippen LogP contribution in [-0.2, 0) is 9.53 Å². The van der Waals surface area contributed by atoms with Gasteiger partial charge in [-0.25, -0.2) is 14.6 Å². The maximum atomic E-state index is 12.5. The zero-order chi connectivity index (χ0) is 24.1. The third-order valence-corrected chi connectivity index (χ3v) is 5.23. The maximum Gasteiger partial charge on any atom is 0.343 e. The van der Waals surface area contributed by atoms with E-state index in [2.05, 4.69) is 10.6 Å². The van der Waals surface area contributed by atoms with Crippen LogP contribution in [0.5, 0.6) is 5.75 Å². The molecule has 0 spiro atoms. The van der Waals surface area contributed by atoms with Crippen LogP contribution < -0.4 is 15.4 Å². The minimum absolute atomic E-state index is 0.268. The lowest BCUT2D eigenvalue weighted by molar-refractivity contribution is -0.142. The Morgan fingerprint density at radius 3 is 2.44 bits per heavy atom. The van der Waals surface area contributed by atoms with Crippen LogP contribution in [0.15, 0.2) is 72.8 Å². The van der Waals surface area contributed by atoms with Gasteiger partial charge in [-0.3, -0.25) is 0 Å². The largest absolute Gasteiger partial charge is 0.481 e. The van der Waals surface area contributed by atoms with Crippen molar-refractivity contribution in [1.29, 1.82) is 0 Å². The number of halogens is 1. The van der Waals surface area contributed by atoms with Gasteiger partial charge in [0.25, 0.3) is 0 Å². The number of hydrogen-bond acceptors (Lipinski definition) is 5. The van der Waals surface area contributed by atoms with Gasteiger partial charge in [0.2, 0.25) is 0 Å². The highest BCUT2D eigenvalue weighted by Crippen LogP contribution is 2.33. The molecule has 8 heteroatoms. The molecule has 0 saturated carbocycles. The summed E-state index contributed by atoms with van der Waals surface area (Å²) in [5.41, 5.74) is 4.33. The average molecular weight is 476 g/mol. The lowest BCUT2D eigenvalue weighted by atomic mass is 10.1. The van der Waals surface area contributed by atoms with Crippen molar-refractivity contribution in [2.45, 2.75) is 6.92 Å². The Kier molecular flexibility index (Phi) is 6.94. The van der Waals surface area contributed by atoms with Gasteiger partial charge < -0.3 is 20.1 Å². The van der Waals surface area contributed by atoms with E-state index in [-0.39, 0.29) is 12.6 Å². The molecule has 3 aromatic carbocycles. The van der Waals surface area contributed by atoms with Gasteiger partial charge in [0.05, 0.1) is 18.3 Å². The van der Waals surface area contributed by atoms with E-state index in [0.717, 1.165) is 11.1 Å². The molecule has 7 nitrogen and oxygen atoms in total. The normalized spacial score (nSPS) is 10.6. The van der Waals surface area contributed by atoms with Crippen LogP contribution in [0.1, 0.15) is 5.56 Å². The third-order valence-electron chi connectivity index (χ3n) is 5.00. The number of rotatable bonds is 6. The number of urea groups is 1. The van der Waals surface area contributed by atoms with Gasteiger partial charge in [0, 0.05) is 33.4 Å². The summed E-state index contributed by atoms with van der Waals surface area (Å²) in [6, 6.07) is 21.4. The van der Waals surface area contributed by atoms with Gasteiger partial charge in [-0.1, -0.05) is 35.9 Å². The molecule has 34 heavy (non-hydrogen) atoms. The highest BCUT2D eigenvalue weighted by Gasteiger charge is 2.13. The highest BCUT2D eigenvalue weighted by molar-refractivity contribution is 6.30. The minimum Gasteiger partial charge on any atom is -0.481 e. The van der Waals surface area contributed by atoms with Gasteiger partial charge in [-0.2, -0.15) is 0 Å². The number of nitrogens with zero attached hydrogens (tertiary/aromatic N) is 1. The number of esters is 1. The molecule has 4 rings (SSSR count). The van der Waals surface area contributed by atoms with E-state index in [4.69, 9.17) is 26.1 Å². The first-order valence-corrected chi connectivity index (χ1v) is 10.8. The summed E-state index contributed by atoms with van der Waals surface area (Å²) in [4.78, 5) is 28.9. The molecule has 0 saturated heterocycles. The van der Waals surface area contributed by atoms with Crippen LogP contribution in [0.4, 0.5) is 16.2 Å². The van der Waals surface area contributed by atoms with Gasteiger partial charge in [-0.15, -0.1) is 0 Å². The molecule has 0 fully saturated rings. The van der Waals surface area contributed by atoms with E-state index in [1.807, 2.05) is 43.3 Å². The second kappa shape index (κ2) is 10.2. The fourth-order valence-corrected chi connectivity index (χ4v) is 3.59. The molecule has 1 heterocycles. The number of aromatic nitrogens is 1. The molecule has 0 aliphatic heterocycles. The molecule has 4 aromatic rings. The molecule has 0 bridgehead atoms. The van der Waals surface area contributed by atoms with E-state index in [0.29, 0.717) is 38.7 Å². The summed E-state index contributed by atoms with van der Waals surface area (Å²) in [5, 5.41) is 6.83. The van der Waals surface area contributed by atoms with E-state index in [1.165, 1.54) is 7.11 Å².